The molecule has 7 heteroatoms. The molecule has 0 bridgehead atoms. The lowest BCUT2D eigenvalue weighted by molar-refractivity contribution is -0.111. The van der Waals surface area contributed by atoms with Crippen LogP contribution in [0, 0.1) is 0 Å². The summed E-state index contributed by atoms with van der Waals surface area (Å²) in [5.74, 6) is -0.384. The molecule has 0 saturated carbocycles. The van der Waals surface area contributed by atoms with Crippen molar-refractivity contribution in [3.05, 3.63) is 63.1 Å². The number of hydrogen-bond donors (Lipinski definition) is 2. The van der Waals surface area contributed by atoms with Crippen LogP contribution in [0.2, 0.25) is 5.02 Å². The van der Waals surface area contributed by atoms with Crippen LogP contribution in [0.1, 0.15) is 15.9 Å². The number of methoxy groups -OCH3 is 1. The van der Waals surface area contributed by atoms with E-state index in [2.05, 4.69) is 21.2 Å². The Morgan fingerprint density at radius 2 is 2.00 bits per heavy atom. The van der Waals surface area contributed by atoms with Crippen molar-refractivity contribution in [1.29, 1.82) is 0 Å². The first-order valence-corrected chi connectivity index (χ1v) is 7.99. The van der Waals surface area contributed by atoms with Gasteiger partial charge >= 0.3 is 0 Å². The Kier molecular flexibility index (Phi) is 6.00. The molecular formula is C17H14BrClN2O3. The number of amides is 2. The van der Waals surface area contributed by atoms with E-state index in [1.165, 1.54) is 18.2 Å². The number of primary amides is 1. The minimum atomic E-state index is -0.662. The van der Waals surface area contributed by atoms with Gasteiger partial charge in [-0.3, -0.25) is 9.59 Å². The van der Waals surface area contributed by atoms with Crippen molar-refractivity contribution in [3.8, 4) is 5.75 Å². The highest BCUT2D eigenvalue weighted by atomic mass is 79.9. The molecule has 0 fully saturated rings. The molecule has 0 heterocycles. The monoisotopic (exact) mass is 408 g/mol. The van der Waals surface area contributed by atoms with Gasteiger partial charge in [0.2, 0.25) is 11.8 Å². The zero-order valence-electron chi connectivity index (χ0n) is 12.7. The topological polar surface area (TPSA) is 81.4 Å². The lowest BCUT2D eigenvalue weighted by atomic mass is 10.1. The molecule has 3 N–H and O–H groups in total. The first kappa shape index (κ1) is 18.0. The third-order valence-corrected chi connectivity index (χ3v) is 3.93. The summed E-state index contributed by atoms with van der Waals surface area (Å²) in [7, 11) is 1.56. The number of halogens is 2. The van der Waals surface area contributed by atoms with E-state index in [0.29, 0.717) is 11.4 Å². The van der Waals surface area contributed by atoms with Crippen LogP contribution >= 0.6 is 27.5 Å². The summed E-state index contributed by atoms with van der Waals surface area (Å²) < 4.78 is 6.10. The molecule has 0 unspecified atom stereocenters. The summed E-state index contributed by atoms with van der Waals surface area (Å²) in [6.45, 7) is 0. The minimum Gasteiger partial charge on any atom is -0.496 e. The fourth-order valence-electron chi connectivity index (χ4n) is 1.98. The summed E-state index contributed by atoms with van der Waals surface area (Å²) >= 11 is 9.24. The summed E-state index contributed by atoms with van der Waals surface area (Å²) in [6, 6.07) is 9.97. The van der Waals surface area contributed by atoms with Crippen LogP contribution in [0.25, 0.3) is 6.08 Å². The summed E-state index contributed by atoms with van der Waals surface area (Å²) in [4.78, 5) is 23.3. The Bertz CT molecular complexity index is 821. The molecule has 24 heavy (non-hydrogen) atoms. The maximum Gasteiger partial charge on any atom is 0.250 e. The van der Waals surface area contributed by atoms with Gasteiger partial charge in [-0.05, 0) is 42.5 Å². The first-order chi connectivity index (χ1) is 11.4. The highest BCUT2D eigenvalue weighted by Crippen LogP contribution is 2.24. The van der Waals surface area contributed by atoms with E-state index < -0.39 is 5.91 Å². The molecule has 0 aliphatic rings. The molecule has 124 valence electrons. The number of nitrogens with one attached hydrogen (secondary N) is 1. The molecule has 0 saturated heterocycles. The second-order valence-electron chi connectivity index (χ2n) is 4.77. The second kappa shape index (κ2) is 7.99. The van der Waals surface area contributed by atoms with Crippen LogP contribution in [0.4, 0.5) is 5.69 Å². The molecule has 0 radical (unpaired) electrons. The molecule has 5 nitrogen and oxygen atoms in total. The normalized spacial score (nSPS) is 10.6. The summed E-state index contributed by atoms with van der Waals surface area (Å²) in [6.07, 6.45) is 2.99. The summed E-state index contributed by atoms with van der Waals surface area (Å²) in [5.41, 5.74) is 6.54. The standard InChI is InChI=1S/C17H14BrClN2O3/c1-24-15-6-3-11(18)8-10(15)2-7-16(22)21-12-4-5-14(19)13(9-12)17(20)23/h2-9H,1H3,(H2,20,23)(H,21,22)/b7-2+. The van der Waals surface area contributed by atoms with E-state index in [1.807, 2.05) is 12.1 Å². The Labute approximate surface area is 152 Å². The fourth-order valence-corrected chi connectivity index (χ4v) is 2.57. The van der Waals surface area contributed by atoms with Gasteiger partial charge in [-0.25, -0.2) is 0 Å². The van der Waals surface area contributed by atoms with Crippen LogP contribution in [0.3, 0.4) is 0 Å². The van der Waals surface area contributed by atoms with E-state index in [0.717, 1.165) is 10.0 Å². The molecule has 2 aromatic carbocycles. The van der Waals surface area contributed by atoms with Crippen LogP contribution in [0.5, 0.6) is 5.75 Å². The number of anilines is 1. The van der Waals surface area contributed by atoms with Crippen molar-refractivity contribution in [2.24, 2.45) is 5.73 Å². The second-order valence-corrected chi connectivity index (χ2v) is 6.09. The zero-order valence-corrected chi connectivity index (χ0v) is 15.0. The third kappa shape index (κ3) is 4.59. The molecule has 2 amide bonds. The highest BCUT2D eigenvalue weighted by Gasteiger charge is 2.08. The van der Waals surface area contributed by atoms with Gasteiger partial charge in [0, 0.05) is 21.8 Å². The maximum atomic E-state index is 12.0. The third-order valence-electron chi connectivity index (χ3n) is 3.11. The van der Waals surface area contributed by atoms with Crippen molar-refractivity contribution in [2.45, 2.75) is 0 Å². The minimum absolute atomic E-state index is 0.145. The summed E-state index contributed by atoms with van der Waals surface area (Å²) in [5, 5.41) is 2.87. The average Bonchev–Trinajstić information content (AvgIpc) is 2.54. The number of carbonyl (C=O) groups is 2. The van der Waals surface area contributed by atoms with E-state index >= 15 is 0 Å². The zero-order chi connectivity index (χ0) is 17.7. The lowest BCUT2D eigenvalue weighted by Crippen LogP contribution is -2.13. The van der Waals surface area contributed by atoms with Gasteiger partial charge in [0.15, 0.2) is 0 Å². The lowest BCUT2D eigenvalue weighted by Gasteiger charge is -2.06. The molecule has 0 spiro atoms. The first-order valence-electron chi connectivity index (χ1n) is 6.82. The van der Waals surface area contributed by atoms with Gasteiger partial charge in [-0.15, -0.1) is 0 Å². The number of carbonyl (C=O) groups excluding carboxylic acids is 2. The highest BCUT2D eigenvalue weighted by molar-refractivity contribution is 9.10. The predicted octanol–water partition coefficient (Wildman–Crippen LogP) is 3.86. The van der Waals surface area contributed by atoms with Gasteiger partial charge in [0.05, 0.1) is 17.7 Å². The van der Waals surface area contributed by atoms with Crippen LogP contribution in [-0.4, -0.2) is 18.9 Å². The van der Waals surface area contributed by atoms with E-state index in [1.54, 1.807) is 25.3 Å². The molecule has 2 rings (SSSR count). The van der Waals surface area contributed by atoms with E-state index in [-0.39, 0.29) is 16.5 Å². The largest absolute Gasteiger partial charge is 0.496 e. The van der Waals surface area contributed by atoms with Gasteiger partial charge in [-0.1, -0.05) is 27.5 Å². The Morgan fingerprint density at radius 3 is 2.67 bits per heavy atom. The Hall–Kier alpha value is -2.31. The number of nitrogens with two attached hydrogens (primary N) is 1. The Balaban J connectivity index is 2.15. The fraction of sp³-hybridized carbons (Fsp3) is 0.0588. The number of benzene rings is 2. The SMILES string of the molecule is COc1ccc(Br)cc1/C=C/C(=O)Nc1ccc(Cl)c(C(N)=O)c1. The van der Waals surface area contributed by atoms with Crippen LogP contribution < -0.4 is 15.8 Å². The van der Waals surface area contributed by atoms with Crippen molar-refractivity contribution in [2.75, 3.05) is 12.4 Å². The smallest absolute Gasteiger partial charge is 0.250 e. The van der Waals surface area contributed by atoms with Crippen molar-refractivity contribution in [1.82, 2.24) is 0 Å². The molecule has 0 aromatic heterocycles. The Morgan fingerprint density at radius 1 is 1.25 bits per heavy atom. The number of rotatable bonds is 5. The van der Waals surface area contributed by atoms with Gasteiger partial charge in [-0.2, -0.15) is 0 Å². The van der Waals surface area contributed by atoms with Crippen LogP contribution in [-0.2, 0) is 4.79 Å². The molecule has 0 aliphatic carbocycles. The van der Waals surface area contributed by atoms with E-state index in [4.69, 9.17) is 22.1 Å². The molecule has 0 atom stereocenters. The molecule has 2 aromatic rings. The van der Waals surface area contributed by atoms with Gasteiger partial charge in [0.1, 0.15) is 5.75 Å². The van der Waals surface area contributed by atoms with Crippen molar-refractivity contribution in [3.63, 3.8) is 0 Å². The number of ether oxygens (including phenoxy) is 1. The van der Waals surface area contributed by atoms with Crippen molar-refractivity contribution < 1.29 is 14.3 Å². The molecule has 0 aliphatic heterocycles. The van der Waals surface area contributed by atoms with Crippen LogP contribution in [0.15, 0.2) is 46.9 Å². The quantitative estimate of drug-likeness (QED) is 0.736. The number of hydrogen-bond acceptors (Lipinski definition) is 3. The van der Waals surface area contributed by atoms with Gasteiger partial charge in [0.25, 0.3) is 0 Å². The average molecular weight is 410 g/mol. The molecular weight excluding hydrogens is 396 g/mol. The maximum absolute atomic E-state index is 12.0. The predicted molar refractivity (Wildman–Crippen MR) is 98.3 cm³/mol. The van der Waals surface area contributed by atoms with Crippen molar-refractivity contribution >= 4 is 51.1 Å². The van der Waals surface area contributed by atoms with Gasteiger partial charge < -0.3 is 15.8 Å². The van der Waals surface area contributed by atoms with E-state index in [9.17, 15) is 9.59 Å².